The van der Waals surface area contributed by atoms with Crippen LogP contribution in [0.5, 0.6) is 0 Å². The minimum atomic E-state index is -0.667. The van der Waals surface area contributed by atoms with E-state index in [4.69, 9.17) is 11.1 Å². The molecule has 10 heteroatoms. The number of nitrogens with zero attached hydrogens (tertiary/aromatic N) is 4. The van der Waals surface area contributed by atoms with Gasteiger partial charge >= 0.3 is 0 Å². The van der Waals surface area contributed by atoms with Crippen LogP contribution >= 0.6 is 11.1 Å². The Morgan fingerprint density at radius 3 is 0.750 bits per heavy atom. The fraction of sp³-hybridized carbons (Fsp3) is 1.00. The van der Waals surface area contributed by atoms with Crippen molar-refractivity contribution < 1.29 is 0 Å². The molecule has 0 aromatic carbocycles. The van der Waals surface area contributed by atoms with E-state index in [1.165, 1.54) is 12.3 Å². The van der Waals surface area contributed by atoms with Crippen molar-refractivity contribution in [2.45, 2.75) is 65.5 Å². The summed E-state index contributed by atoms with van der Waals surface area (Å²) in [6.45, 7) is 23.1. The van der Waals surface area contributed by atoms with Crippen LogP contribution in [-0.4, -0.2) is 117 Å². The van der Waals surface area contributed by atoms with Gasteiger partial charge in [0.05, 0.1) is 0 Å². The summed E-state index contributed by atoms with van der Waals surface area (Å²) >= 11 is 5.41. The highest BCUT2D eigenvalue weighted by molar-refractivity contribution is 7.05. The number of rotatable bonds is 7. The van der Waals surface area contributed by atoms with Gasteiger partial charge in [0.25, 0.3) is 0 Å². The second-order valence-electron chi connectivity index (χ2n) is 9.74. The van der Waals surface area contributed by atoms with Crippen molar-refractivity contribution in [3.8, 4) is 0 Å². The molecule has 4 nitrogen and oxygen atoms in total. The lowest BCUT2D eigenvalue weighted by molar-refractivity contribution is 0.218. The predicted octanol–water partition coefficient (Wildman–Crippen LogP) is 3.09. The van der Waals surface area contributed by atoms with E-state index in [0.29, 0.717) is 0 Å². The van der Waals surface area contributed by atoms with Crippen LogP contribution in [0, 0.1) is 0 Å². The SMILES string of the molecule is CN(C)C[SiH](C)C.CN(C)C[SiH](C)C.CN(C)N([SiH](C)C)[SiH](C)C.C[SiH](C)Cl. The molecule has 0 bridgehead atoms. The minimum Gasteiger partial charge on any atom is -0.312 e. The third-order valence-electron chi connectivity index (χ3n) is 2.98. The molecule has 0 radical (unpaired) electrons. The zero-order chi connectivity index (χ0) is 23.6. The fourth-order valence-electron chi connectivity index (χ4n) is 2.98. The first kappa shape index (κ1) is 36.6. The van der Waals surface area contributed by atoms with E-state index in [0.717, 1.165) is 0 Å². The van der Waals surface area contributed by atoms with Gasteiger partial charge in [-0.2, -0.15) is 11.1 Å². The third kappa shape index (κ3) is 41.6. The van der Waals surface area contributed by atoms with E-state index in [1.807, 2.05) is 0 Å². The van der Waals surface area contributed by atoms with Gasteiger partial charge in [-0.05, 0) is 40.5 Å². The van der Waals surface area contributed by atoms with Gasteiger partial charge in [-0.3, -0.25) is 9.35 Å². The average Bonchev–Trinajstić information content (AvgIpc) is 2.33. The highest BCUT2D eigenvalue weighted by Crippen LogP contribution is 2.00. The maximum absolute atomic E-state index is 5.41. The van der Waals surface area contributed by atoms with Crippen molar-refractivity contribution in [3.05, 3.63) is 0 Å². The Balaban J connectivity index is -0.000000144. The second-order valence-corrected chi connectivity index (χ2v) is 26.7. The molecule has 0 rings (SSSR count). The Labute approximate surface area is 193 Å². The maximum atomic E-state index is 5.41. The lowest BCUT2D eigenvalue weighted by Crippen LogP contribution is -2.51. The van der Waals surface area contributed by atoms with E-state index in [1.54, 1.807) is 0 Å². The van der Waals surface area contributed by atoms with Crippen LogP contribution in [0.4, 0.5) is 0 Å². The quantitative estimate of drug-likeness (QED) is 0.300. The molecule has 0 heterocycles. The number of halogens is 1. The van der Waals surface area contributed by atoms with E-state index in [2.05, 4.69) is 127 Å². The smallest absolute Gasteiger partial charge is 0.134 e. The van der Waals surface area contributed by atoms with Gasteiger partial charge in [-0.1, -0.05) is 65.5 Å². The summed E-state index contributed by atoms with van der Waals surface area (Å²) in [6.07, 6.45) is 2.67. The molecule has 0 aliphatic heterocycles. The molecule has 0 saturated heterocycles. The van der Waals surface area contributed by atoms with Crippen molar-refractivity contribution in [3.63, 3.8) is 0 Å². The topological polar surface area (TPSA) is 13.0 Å². The summed E-state index contributed by atoms with van der Waals surface area (Å²) in [6, 6.07) is 0. The molecule has 0 aliphatic carbocycles. The summed E-state index contributed by atoms with van der Waals surface area (Å²) < 4.78 is 2.61. The van der Waals surface area contributed by atoms with Crippen molar-refractivity contribution in [1.29, 1.82) is 0 Å². The fourth-order valence-corrected chi connectivity index (χ4v) is 12.5. The largest absolute Gasteiger partial charge is 0.312 e. The van der Waals surface area contributed by atoms with E-state index >= 15 is 0 Å². The van der Waals surface area contributed by atoms with Gasteiger partial charge in [-0.15, -0.1) is 0 Å². The monoisotopic (exact) mass is 504 g/mol. The molecule has 0 saturated carbocycles. The zero-order valence-electron chi connectivity index (χ0n) is 22.5. The van der Waals surface area contributed by atoms with Gasteiger partial charge in [0.2, 0.25) is 0 Å². The Morgan fingerprint density at radius 2 is 0.750 bits per heavy atom. The Morgan fingerprint density at radius 1 is 0.536 bits per heavy atom. The van der Waals surface area contributed by atoms with Crippen molar-refractivity contribution in [1.82, 2.24) is 19.1 Å². The van der Waals surface area contributed by atoms with Crippen LogP contribution in [0.25, 0.3) is 0 Å². The molecule has 0 aliphatic rings. The second kappa shape index (κ2) is 22.9. The third-order valence-corrected chi connectivity index (χ3v) is 12.5. The molecule has 0 aromatic heterocycles. The maximum Gasteiger partial charge on any atom is 0.134 e. The van der Waals surface area contributed by atoms with Crippen LogP contribution in [-0.2, 0) is 0 Å². The molecule has 0 atom stereocenters. The molecule has 0 fully saturated rings. The van der Waals surface area contributed by atoms with Gasteiger partial charge in [0.15, 0.2) is 0 Å². The first-order valence-corrected chi connectivity index (χ1v) is 26.8. The van der Waals surface area contributed by atoms with Crippen molar-refractivity contribution in [2.24, 2.45) is 0 Å². The summed E-state index contributed by atoms with van der Waals surface area (Å²) in [5, 5.41) is 2.27. The molecule has 0 spiro atoms. The molecule has 0 amide bonds. The first-order chi connectivity index (χ1) is 12.4. The van der Waals surface area contributed by atoms with Gasteiger partial charge in [0.1, 0.15) is 26.0 Å². The zero-order valence-corrected chi connectivity index (χ0v) is 29.0. The predicted molar refractivity (Wildman–Crippen MR) is 153 cm³/mol. The number of hydrogen-bond acceptors (Lipinski definition) is 4. The van der Waals surface area contributed by atoms with Crippen LogP contribution in [0.15, 0.2) is 0 Å². The van der Waals surface area contributed by atoms with Gasteiger partial charge in [-0.25, -0.2) is 0 Å². The lowest BCUT2D eigenvalue weighted by atomic mass is 11.0. The lowest BCUT2D eigenvalue weighted by Gasteiger charge is -2.35. The summed E-state index contributed by atoms with van der Waals surface area (Å²) in [5.41, 5.74) is 0. The molecular formula is C18H57ClN4Si5. The van der Waals surface area contributed by atoms with Crippen LogP contribution in [0.3, 0.4) is 0 Å². The Bertz CT molecular complexity index is 258. The van der Waals surface area contributed by atoms with Crippen LogP contribution < -0.4 is 0 Å². The Hall–Kier alpha value is 1.21. The Kier molecular flexibility index (Phi) is 29.9. The summed E-state index contributed by atoms with van der Waals surface area (Å²) in [5.74, 6) is 0. The average molecular weight is 506 g/mol. The molecule has 0 aromatic rings. The number of hydrogen-bond donors (Lipinski definition) is 0. The molecule has 0 N–H and O–H groups in total. The summed E-state index contributed by atoms with van der Waals surface area (Å²) in [4.78, 5) is 4.52. The van der Waals surface area contributed by atoms with Gasteiger partial charge in [0, 0.05) is 31.7 Å². The molecule has 28 heavy (non-hydrogen) atoms. The van der Waals surface area contributed by atoms with Crippen LogP contribution in [0.1, 0.15) is 0 Å². The highest BCUT2D eigenvalue weighted by Gasteiger charge is 2.16. The van der Waals surface area contributed by atoms with E-state index in [9.17, 15) is 0 Å². The minimum absolute atomic E-state index is 0.302. The molecule has 0 unspecified atom stereocenters. The van der Waals surface area contributed by atoms with Crippen molar-refractivity contribution >= 4 is 54.7 Å². The highest BCUT2D eigenvalue weighted by atomic mass is 35.6. The van der Waals surface area contributed by atoms with E-state index in [-0.39, 0.29) is 17.6 Å². The van der Waals surface area contributed by atoms with Crippen LogP contribution in [0.2, 0.25) is 65.5 Å². The summed E-state index contributed by atoms with van der Waals surface area (Å²) in [7, 11) is 10.4. The normalized spacial score (nSPS) is 11.4. The standard InChI is InChI=1S/C6H20N2Si2.2C5H15NSi.C2H7ClSi/c1-7(2)8(9(3)4)10(5)6;2*1-6(2)5-7(3)4;1-4(2)3/h9-10H,1-6H3;2*7H,5H2,1-4H3;4H,1-2H3. The first-order valence-electron chi connectivity index (χ1n) is 10.8. The number of hydrazine groups is 1. The molecular weight excluding hydrogens is 448 g/mol. The van der Waals surface area contributed by atoms with E-state index < -0.39 is 26.0 Å². The van der Waals surface area contributed by atoms with Crippen molar-refractivity contribution in [2.75, 3.05) is 54.6 Å². The molecule has 176 valence electrons. The van der Waals surface area contributed by atoms with Gasteiger partial charge < -0.3 is 9.80 Å².